The van der Waals surface area contributed by atoms with E-state index in [4.69, 9.17) is 12.2 Å². The van der Waals surface area contributed by atoms with Crippen LogP contribution in [0.5, 0.6) is 0 Å². The molecule has 0 spiro atoms. The summed E-state index contributed by atoms with van der Waals surface area (Å²) >= 11 is 5.27. The minimum absolute atomic E-state index is 0.260. The zero-order valence-corrected chi connectivity index (χ0v) is 14.8. The van der Waals surface area contributed by atoms with Gasteiger partial charge in [0, 0.05) is 11.6 Å². The number of nitrogens with zero attached hydrogens (tertiary/aromatic N) is 4. The summed E-state index contributed by atoms with van der Waals surface area (Å²) in [5.74, 6) is 0.326. The first-order chi connectivity index (χ1) is 12.1. The van der Waals surface area contributed by atoms with Gasteiger partial charge >= 0.3 is 0 Å². The van der Waals surface area contributed by atoms with Crippen molar-refractivity contribution in [3.05, 3.63) is 36.2 Å². The van der Waals surface area contributed by atoms with E-state index in [1.54, 1.807) is 24.3 Å². The van der Waals surface area contributed by atoms with Gasteiger partial charge in [-0.25, -0.2) is 4.68 Å². The Labute approximate surface area is 151 Å². The predicted molar refractivity (Wildman–Crippen MR) is 96.9 cm³/mol. The molecular formula is C16H21N7OS. The van der Waals surface area contributed by atoms with E-state index in [-0.39, 0.29) is 5.91 Å². The molecule has 1 saturated carbocycles. The Kier molecular flexibility index (Phi) is 5.54. The standard InChI is InChI=1S/C16H21N7OS/c1-11-4-2-3-5-14(11)18-16(25)20-19-15(24)12-6-8-13(9-7-12)23-10-17-21-22-23/h6-11,14H,2-5H2,1H3,(H,19,24)(H2,18,20,25)/t11-,14-/m1/s1. The van der Waals surface area contributed by atoms with Crippen LogP contribution in [0.25, 0.3) is 5.69 Å². The molecule has 9 heteroatoms. The highest BCUT2D eigenvalue weighted by Gasteiger charge is 2.21. The molecule has 0 aliphatic heterocycles. The quantitative estimate of drug-likeness (QED) is 0.562. The molecule has 2 aromatic rings. The first kappa shape index (κ1) is 17.3. The van der Waals surface area contributed by atoms with Crippen molar-refractivity contribution < 1.29 is 4.79 Å². The topological polar surface area (TPSA) is 96.8 Å². The number of hydrogen-bond acceptors (Lipinski definition) is 5. The first-order valence-electron chi connectivity index (χ1n) is 8.34. The van der Waals surface area contributed by atoms with Crippen molar-refractivity contribution in [2.75, 3.05) is 0 Å². The number of carbonyl (C=O) groups excluding carboxylic acids is 1. The van der Waals surface area contributed by atoms with Crippen LogP contribution in [0.4, 0.5) is 0 Å². The average molecular weight is 359 g/mol. The van der Waals surface area contributed by atoms with Gasteiger partial charge in [-0.2, -0.15) is 0 Å². The molecule has 3 rings (SSSR count). The van der Waals surface area contributed by atoms with Gasteiger partial charge in [0.2, 0.25) is 0 Å². The first-order valence-corrected chi connectivity index (χ1v) is 8.74. The van der Waals surface area contributed by atoms with E-state index in [1.165, 1.54) is 30.3 Å². The number of hydrogen-bond donors (Lipinski definition) is 3. The average Bonchev–Trinajstić information content (AvgIpc) is 3.16. The molecule has 0 unspecified atom stereocenters. The lowest BCUT2D eigenvalue weighted by Crippen LogP contribution is -2.51. The predicted octanol–water partition coefficient (Wildman–Crippen LogP) is 1.35. The monoisotopic (exact) mass is 359 g/mol. The van der Waals surface area contributed by atoms with Crippen molar-refractivity contribution in [2.24, 2.45) is 5.92 Å². The maximum Gasteiger partial charge on any atom is 0.269 e. The molecule has 1 aromatic heterocycles. The lowest BCUT2D eigenvalue weighted by molar-refractivity contribution is 0.0943. The maximum atomic E-state index is 12.2. The van der Waals surface area contributed by atoms with Gasteiger partial charge < -0.3 is 5.32 Å². The molecule has 0 saturated heterocycles. The highest BCUT2D eigenvalue weighted by molar-refractivity contribution is 7.80. The highest BCUT2D eigenvalue weighted by Crippen LogP contribution is 2.23. The van der Waals surface area contributed by atoms with Gasteiger partial charge in [0.25, 0.3) is 5.91 Å². The summed E-state index contributed by atoms with van der Waals surface area (Å²) < 4.78 is 1.52. The number of amides is 1. The van der Waals surface area contributed by atoms with Gasteiger partial charge in [-0.1, -0.05) is 19.8 Å². The molecule has 3 N–H and O–H groups in total. The molecule has 1 aromatic carbocycles. The molecule has 25 heavy (non-hydrogen) atoms. The van der Waals surface area contributed by atoms with Crippen molar-refractivity contribution in [1.29, 1.82) is 0 Å². The van der Waals surface area contributed by atoms with Crippen LogP contribution in [-0.2, 0) is 0 Å². The molecular weight excluding hydrogens is 338 g/mol. The van der Waals surface area contributed by atoms with Crippen molar-refractivity contribution in [3.63, 3.8) is 0 Å². The molecule has 0 radical (unpaired) electrons. The second-order valence-corrected chi connectivity index (χ2v) is 6.63. The zero-order chi connectivity index (χ0) is 17.6. The van der Waals surface area contributed by atoms with Crippen LogP contribution in [0.1, 0.15) is 43.0 Å². The van der Waals surface area contributed by atoms with Crippen LogP contribution >= 0.6 is 12.2 Å². The second kappa shape index (κ2) is 8.02. The normalized spacial score (nSPS) is 19.9. The molecule has 1 aliphatic rings. The van der Waals surface area contributed by atoms with Crippen LogP contribution in [0.2, 0.25) is 0 Å². The minimum atomic E-state index is -0.260. The van der Waals surface area contributed by atoms with Crippen molar-refractivity contribution >= 4 is 23.2 Å². The summed E-state index contributed by atoms with van der Waals surface area (Å²) in [6.45, 7) is 2.23. The van der Waals surface area contributed by atoms with Crippen LogP contribution < -0.4 is 16.2 Å². The van der Waals surface area contributed by atoms with Gasteiger partial charge in [-0.15, -0.1) is 5.10 Å². The molecule has 2 atom stereocenters. The summed E-state index contributed by atoms with van der Waals surface area (Å²) in [4.78, 5) is 12.2. The van der Waals surface area contributed by atoms with Gasteiger partial charge in [-0.05, 0) is 65.7 Å². The molecule has 8 nitrogen and oxygen atoms in total. The van der Waals surface area contributed by atoms with Crippen LogP contribution in [0.15, 0.2) is 30.6 Å². The van der Waals surface area contributed by atoms with Gasteiger partial charge in [-0.3, -0.25) is 15.6 Å². The Morgan fingerprint density at radius 1 is 1.20 bits per heavy atom. The fourth-order valence-electron chi connectivity index (χ4n) is 2.97. The van der Waals surface area contributed by atoms with Crippen LogP contribution in [0, 0.1) is 5.92 Å². The number of benzene rings is 1. The Hall–Kier alpha value is -2.55. The zero-order valence-electron chi connectivity index (χ0n) is 14.0. The molecule has 0 bridgehead atoms. The van der Waals surface area contributed by atoms with Gasteiger partial charge in [0.05, 0.1) is 5.69 Å². The third-order valence-electron chi connectivity index (χ3n) is 4.46. The minimum Gasteiger partial charge on any atom is -0.358 e. The molecule has 1 amide bonds. The van der Waals surface area contributed by atoms with E-state index in [2.05, 4.69) is 38.6 Å². The van der Waals surface area contributed by atoms with E-state index in [9.17, 15) is 4.79 Å². The number of rotatable bonds is 3. The third-order valence-corrected chi connectivity index (χ3v) is 4.68. The number of carbonyl (C=O) groups is 1. The van der Waals surface area contributed by atoms with E-state index in [1.807, 2.05) is 0 Å². The van der Waals surface area contributed by atoms with Gasteiger partial charge in [0.1, 0.15) is 6.33 Å². The van der Waals surface area contributed by atoms with Gasteiger partial charge in [0.15, 0.2) is 5.11 Å². The summed E-state index contributed by atoms with van der Waals surface area (Å²) in [5.41, 5.74) is 6.68. The largest absolute Gasteiger partial charge is 0.358 e. The lowest BCUT2D eigenvalue weighted by Gasteiger charge is -2.30. The van der Waals surface area contributed by atoms with E-state index >= 15 is 0 Å². The molecule has 1 aliphatic carbocycles. The third kappa shape index (κ3) is 4.50. The number of nitrogens with one attached hydrogen (secondary N) is 3. The molecule has 1 heterocycles. The van der Waals surface area contributed by atoms with E-state index in [0.29, 0.717) is 22.6 Å². The number of aromatic nitrogens is 4. The number of tetrazole rings is 1. The Balaban J connectivity index is 1.49. The van der Waals surface area contributed by atoms with Crippen molar-refractivity contribution in [2.45, 2.75) is 38.6 Å². The Morgan fingerprint density at radius 3 is 2.64 bits per heavy atom. The number of thiocarbonyl (C=S) groups is 1. The summed E-state index contributed by atoms with van der Waals surface area (Å²) in [7, 11) is 0. The second-order valence-electron chi connectivity index (χ2n) is 6.22. The van der Waals surface area contributed by atoms with Crippen LogP contribution in [-0.4, -0.2) is 37.3 Å². The van der Waals surface area contributed by atoms with Crippen molar-refractivity contribution in [3.8, 4) is 5.69 Å². The fraction of sp³-hybridized carbons (Fsp3) is 0.438. The van der Waals surface area contributed by atoms with E-state index in [0.717, 1.165) is 12.1 Å². The summed E-state index contributed by atoms with van der Waals surface area (Å²) in [6.07, 6.45) is 6.30. The Morgan fingerprint density at radius 2 is 1.96 bits per heavy atom. The van der Waals surface area contributed by atoms with Crippen LogP contribution in [0.3, 0.4) is 0 Å². The smallest absolute Gasteiger partial charge is 0.269 e. The lowest BCUT2D eigenvalue weighted by atomic mass is 9.86. The molecule has 1 fully saturated rings. The van der Waals surface area contributed by atoms with Crippen molar-refractivity contribution in [1.82, 2.24) is 36.4 Å². The SMILES string of the molecule is C[C@@H]1CCCC[C@H]1NC(=S)NNC(=O)c1ccc(-n2cnnn2)cc1. The summed E-state index contributed by atoms with van der Waals surface area (Å²) in [5, 5.41) is 14.7. The number of hydrazine groups is 1. The molecule has 132 valence electrons. The summed E-state index contributed by atoms with van der Waals surface area (Å²) in [6, 6.07) is 7.31. The Bertz CT molecular complexity index is 717. The van der Waals surface area contributed by atoms with E-state index < -0.39 is 0 Å². The highest BCUT2D eigenvalue weighted by atomic mass is 32.1. The fourth-order valence-corrected chi connectivity index (χ4v) is 3.17. The maximum absolute atomic E-state index is 12.2.